The molecule has 1 amide bonds. The number of nitrogens with one attached hydrogen (secondary N) is 1. The number of piperidine rings is 1. The largest absolute Gasteiger partial charge is 0.345 e. The maximum absolute atomic E-state index is 11.7. The Labute approximate surface area is 98.0 Å². The van der Waals surface area contributed by atoms with E-state index >= 15 is 0 Å². The van der Waals surface area contributed by atoms with Crippen LogP contribution in [0.3, 0.4) is 0 Å². The highest BCUT2D eigenvalue weighted by atomic mass is 16.2. The van der Waals surface area contributed by atoms with Gasteiger partial charge in [-0.1, -0.05) is 6.42 Å². The van der Waals surface area contributed by atoms with E-state index < -0.39 is 0 Å². The van der Waals surface area contributed by atoms with Gasteiger partial charge in [-0.15, -0.1) is 0 Å². The molecule has 2 aliphatic heterocycles. The molecule has 16 heavy (non-hydrogen) atoms. The van der Waals surface area contributed by atoms with Gasteiger partial charge in [-0.3, -0.25) is 9.69 Å². The minimum Gasteiger partial charge on any atom is -0.345 e. The van der Waals surface area contributed by atoms with Crippen molar-refractivity contribution in [3.63, 3.8) is 0 Å². The Balaban J connectivity index is 1.81. The monoisotopic (exact) mass is 225 g/mol. The Hall–Kier alpha value is -0.610. The van der Waals surface area contributed by atoms with Gasteiger partial charge in [-0.2, -0.15) is 0 Å². The lowest BCUT2D eigenvalue weighted by Gasteiger charge is -2.29. The average Bonchev–Trinajstić information content (AvgIpc) is 2.43. The van der Waals surface area contributed by atoms with Crippen molar-refractivity contribution in [3.8, 4) is 0 Å². The zero-order valence-corrected chi connectivity index (χ0v) is 10.2. The molecule has 1 atom stereocenters. The second kappa shape index (κ2) is 5.64. The molecular formula is C12H23N3O. The lowest BCUT2D eigenvalue weighted by atomic mass is 10.0. The molecule has 1 unspecified atom stereocenters. The molecule has 4 nitrogen and oxygen atoms in total. The van der Waals surface area contributed by atoms with E-state index in [-0.39, 0.29) is 5.91 Å². The van der Waals surface area contributed by atoms with Crippen molar-refractivity contribution in [2.45, 2.75) is 31.7 Å². The molecule has 0 spiro atoms. The molecule has 2 saturated heterocycles. The first kappa shape index (κ1) is 11.9. The number of nitrogens with zero attached hydrogens (tertiary/aromatic N) is 2. The smallest absolute Gasteiger partial charge is 0.236 e. The van der Waals surface area contributed by atoms with Gasteiger partial charge in [0, 0.05) is 32.7 Å². The van der Waals surface area contributed by atoms with Gasteiger partial charge in [0.25, 0.3) is 0 Å². The lowest BCUT2D eigenvalue weighted by Crippen LogP contribution is -2.45. The van der Waals surface area contributed by atoms with Gasteiger partial charge >= 0.3 is 0 Å². The van der Waals surface area contributed by atoms with Gasteiger partial charge < -0.3 is 10.2 Å². The molecule has 0 bridgehead atoms. The van der Waals surface area contributed by atoms with E-state index in [0.29, 0.717) is 12.6 Å². The summed E-state index contributed by atoms with van der Waals surface area (Å²) in [7, 11) is 1.91. The summed E-state index contributed by atoms with van der Waals surface area (Å²) >= 11 is 0. The SMILES string of the molecule is CN1CCCN(CC2CCCCN2)CC1=O. The molecule has 0 saturated carbocycles. The first-order chi connectivity index (χ1) is 7.75. The Morgan fingerprint density at radius 3 is 2.94 bits per heavy atom. The predicted octanol–water partition coefficient (Wildman–Crippen LogP) is 0.293. The maximum Gasteiger partial charge on any atom is 0.236 e. The summed E-state index contributed by atoms with van der Waals surface area (Å²) in [5, 5.41) is 3.55. The standard InChI is InChI=1S/C12H23N3O/c1-14-7-4-8-15(10-12(14)16)9-11-5-2-3-6-13-11/h11,13H,2-10H2,1H3. The minimum atomic E-state index is 0.272. The second-order valence-electron chi connectivity index (χ2n) is 5.05. The van der Waals surface area contributed by atoms with Gasteiger partial charge in [0.1, 0.15) is 0 Å². The number of hydrogen-bond acceptors (Lipinski definition) is 3. The van der Waals surface area contributed by atoms with E-state index in [1.165, 1.54) is 19.3 Å². The molecule has 0 aromatic rings. The van der Waals surface area contributed by atoms with Gasteiger partial charge in [0.05, 0.1) is 6.54 Å². The van der Waals surface area contributed by atoms with Gasteiger partial charge in [-0.05, 0) is 25.8 Å². The highest BCUT2D eigenvalue weighted by Crippen LogP contribution is 2.10. The lowest BCUT2D eigenvalue weighted by molar-refractivity contribution is -0.129. The van der Waals surface area contributed by atoms with Gasteiger partial charge in [-0.25, -0.2) is 0 Å². The topological polar surface area (TPSA) is 35.6 Å². The number of amides is 1. The van der Waals surface area contributed by atoms with Crippen molar-refractivity contribution in [1.82, 2.24) is 15.1 Å². The molecule has 2 fully saturated rings. The highest BCUT2D eigenvalue weighted by molar-refractivity contribution is 5.78. The number of carbonyl (C=O) groups excluding carboxylic acids is 1. The minimum absolute atomic E-state index is 0.272. The third kappa shape index (κ3) is 3.19. The molecule has 0 aromatic carbocycles. The van der Waals surface area contributed by atoms with Crippen molar-refractivity contribution < 1.29 is 4.79 Å². The average molecular weight is 225 g/mol. The molecule has 4 heteroatoms. The van der Waals surface area contributed by atoms with Crippen LogP contribution in [-0.4, -0.2) is 61.5 Å². The van der Waals surface area contributed by atoms with Crippen molar-refractivity contribution in [3.05, 3.63) is 0 Å². The zero-order valence-electron chi connectivity index (χ0n) is 10.2. The molecule has 92 valence electrons. The molecular weight excluding hydrogens is 202 g/mol. The normalized spacial score (nSPS) is 29.2. The fourth-order valence-corrected chi connectivity index (χ4v) is 2.59. The molecule has 0 aliphatic carbocycles. The van der Waals surface area contributed by atoms with Crippen molar-refractivity contribution in [1.29, 1.82) is 0 Å². The van der Waals surface area contributed by atoms with Crippen molar-refractivity contribution >= 4 is 5.91 Å². The zero-order chi connectivity index (χ0) is 11.4. The third-order valence-electron chi connectivity index (χ3n) is 3.64. The quantitative estimate of drug-likeness (QED) is 0.734. The molecule has 2 heterocycles. The molecule has 2 aliphatic rings. The van der Waals surface area contributed by atoms with E-state index in [4.69, 9.17) is 0 Å². The summed E-state index contributed by atoms with van der Waals surface area (Å²) in [6, 6.07) is 0.602. The van der Waals surface area contributed by atoms with E-state index in [1.54, 1.807) is 0 Å². The van der Waals surface area contributed by atoms with E-state index in [1.807, 2.05) is 11.9 Å². The van der Waals surface area contributed by atoms with Crippen LogP contribution in [0.25, 0.3) is 0 Å². The fraction of sp³-hybridized carbons (Fsp3) is 0.917. The maximum atomic E-state index is 11.7. The Bertz CT molecular complexity index is 238. The summed E-state index contributed by atoms with van der Waals surface area (Å²) in [5.74, 6) is 0.272. The summed E-state index contributed by atoms with van der Waals surface area (Å²) < 4.78 is 0. The van der Waals surface area contributed by atoms with Crippen LogP contribution in [0, 0.1) is 0 Å². The molecule has 2 rings (SSSR count). The van der Waals surface area contributed by atoms with Crippen LogP contribution in [0.2, 0.25) is 0 Å². The number of likely N-dealkylation sites (N-methyl/N-ethyl adjacent to an activating group) is 1. The molecule has 0 aromatic heterocycles. The Kier molecular flexibility index (Phi) is 4.18. The Morgan fingerprint density at radius 2 is 2.19 bits per heavy atom. The van der Waals surface area contributed by atoms with Crippen molar-refractivity contribution in [2.75, 3.05) is 39.8 Å². The summed E-state index contributed by atoms with van der Waals surface area (Å²) in [6.45, 7) is 4.77. The fourth-order valence-electron chi connectivity index (χ4n) is 2.59. The second-order valence-corrected chi connectivity index (χ2v) is 5.05. The summed E-state index contributed by atoms with van der Waals surface area (Å²) in [6.07, 6.45) is 5.01. The van der Waals surface area contributed by atoms with Crippen LogP contribution in [0.4, 0.5) is 0 Å². The number of carbonyl (C=O) groups is 1. The van der Waals surface area contributed by atoms with Crippen molar-refractivity contribution in [2.24, 2.45) is 0 Å². The summed E-state index contributed by atoms with van der Waals surface area (Å²) in [5.41, 5.74) is 0. The van der Waals surface area contributed by atoms with Crippen LogP contribution in [-0.2, 0) is 4.79 Å². The molecule has 1 N–H and O–H groups in total. The van der Waals surface area contributed by atoms with E-state index in [2.05, 4.69) is 10.2 Å². The predicted molar refractivity (Wildman–Crippen MR) is 64.3 cm³/mol. The van der Waals surface area contributed by atoms with Gasteiger partial charge in [0.2, 0.25) is 5.91 Å². The van der Waals surface area contributed by atoms with E-state index in [9.17, 15) is 4.79 Å². The Morgan fingerprint density at radius 1 is 1.31 bits per heavy atom. The van der Waals surface area contributed by atoms with Crippen LogP contribution >= 0.6 is 0 Å². The number of hydrogen-bond donors (Lipinski definition) is 1. The highest BCUT2D eigenvalue weighted by Gasteiger charge is 2.22. The summed E-state index contributed by atoms with van der Waals surface area (Å²) in [4.78, 5) is 15.9. The van der Waals surface area contributed by atoms with Crippen LogP contribution in [0.5, 0.6) is 0 Å². The van der Waals surface area contributed by atoms with E-state index in [0.717, 1.165) is 32.6 Å². The van der Waals surface area contributed by atoms with Gasteiger partial charge in [0.15, 0.2) is 0 Å². The first-order valence-corrected chi connectivity index (χ1v) is 6.45. The van der Waals surface area contributed by atoms with Crippen LogP contribution in [0.15, 0.2) is 0 Å². The van der Waals surface area contributed by atoms with Crippen LogP contribution < -0.4 is 5.32 Å². The number of rotatable bonds is 2. The molecule has 0 radical (unpaired) electrons. The van der Waals surface area contributed by atoms with Crippen LogP contribution in [0.1, 0.15) is 25.7 Å². The first-order valence-electron chi connectivity index (χ1n) is 6.45. The third-order valence-corrected chi connectivity index (χ3v) is 3.64.